The van der Waals surface area contributed by atoms with Crippen LogP contribution in [-0.2, 0) is 16.5 Å². The Hall–Kier alpha value is -3.05. The molecule has 4 heterocycles. The number of halogens is 3. The third kappa shape index (κ3) is 3.50. The van der Waals surface area contributed by atoms with Crippen molar-refractivity contribution in [3.8, 4) is 0 Å². The molecular weight excluding hydrogens is 403 g/mol. The number of carbonyl (C=O) groups excluding carboxylic acids is 1. The van der Waals surface area contributed by atoms with Crippen LogP contribution in [0, 0.1) is 6.92 Å². The molecule has 2 N–H and O–H groups in total. The zero-order chi connectivity index (χ0) is 21.5. The first-order chi connectivity index (χ1) is 14.2. The van der Waals surface area contributed by atoms with E-state index in [9.17, 15) is 23.1 Å². The zero-order valence-electron chi connectivity index (χ0n) is 15.8. The van der Waals surface area contributed by atoms with E-state index in [0.717, 1.165) is 17.8 Å². The smallest absolute Gasteiger partial charge is 0.388 e. The van der Waals surface area contributed by atoms with E-state index >= 15 is 0 Å². The Labute approximate surface area is 168 Å². The van der Waals surface area contributed by atoms with Gasteiger partial charge in [0.15, 0.2) is 5.65 Å². The number of nitrogens with zero attached hydrogens (tertiary/aromatic N) is 4. The largest absolute Gasteiger partial charge is 0.433 e. The number of hydrogen-bond donors (Lipinski definition) is 2. The summed E-state index contributed by atoms with van der Waals surface area (Å²) < 4.78 is 45.4. The monoisotopic (exact) mass is 421 g/mol. The lowest BCUT2D eigenvalue weighted by Crippen LogP contribution is -2.58. The van der Waals surface area contributed by atoms with Crippen molar-refractivity contribution >= 4 is 11.6 Å². The Morgan fingerprint density at radius 3 is 2.77 bits per heavy atom. The van der Waals surface area contributed by atoms with E-state index < -0.39 is 29.4 Å². The molecule has 1 amide bonds. The third-order valence-corrected chi connectivity index (χ3v) is 5.12. The molecule has 3 aromatic heterocycles. The van der Waals surface area contributed by atoms with E-state index in [1.165, 1.54) is 16.8 Å². The van der Waals surface area contributed by atoms with Crippen LogP contribution in [-0.4, -0.2) is 49.9 Å². The van der Waals surface area contributed by atoms with Gasteiger partial charge in [0.2, 0.25) is 0 Å². The summed E-state index contributed by atoms with van der Waals surface area (Å²) in [6.07, 6.45) is 0.0374. The van der Waals surface area contributed by atoms with Gasteiger partial charge in [0, 0.05) is 31.6 Å². The Kier molecular flexibility index (Phi) is 4.94. The fraction of sp³-hybridized carbons (Fsp3) is 0.368. The summed E-state index contributed by atoms with van der Waals surface area (Å²) in [6, 6.07) is 2.04. The molecule has 1 fully saturated rings. The van der Waals surface area contributed by atoms with Crippen LogP contribution in [0.2, 0.25) is 0 Å². The summed E-state index contributed by atoms with van der Waals surface area (Å²) >= 11 is 0. The van der Waals surface area contributed by atoms with Crippen molar-refractivity contribution < 1.29 is 27.8 Å². The Balaban J connectivity index is 1.71. The number of amides is 1. The van der Waals surface area contributed by atoms with Crippen molar-refractivity contribution in [2.75, 3.05) is 13.2 Å². The van der Waals surface area contributed by atoms with E-state index in [2.05, 4.69) is 20.4 Å². The van der Waals surface area contributed by atoms with Gasteiger partial charge in [-0.3, -0.25) is 9.78 Å². The summed E-state index contributed by atoms with van der Waals surface area (Å²) in [5.41, 5.74) is -0.833. The summed E-state index contributed by atoms with van der Waals surface area (Å²) in [5.74, 6) is -0.567. The fourth-order valence-corrected chi connectivity index (χ4v) is 3.52. The molecule has 158 valence electrons. The molecule has 0 saturated carbocycles. The van der Waals surface area contributed by atoms with Crippen LogP contribution < -0.4 is 5.32 Å². The molecule has 30 heavy (non-hydrogen) atoms. The van der Waals surface area contributed by atoms with Gasteiger partial charge in [-0.25, -0.2) is 9.50 Å². The SMILES string of the molecule is Cc1cnc2c(C(=O)N[C@]3(c4ccc(C(F)(F)F)nc4)CCOCC3O)cnn2c1. The average molecular weight is 421 g/mol. The van der Waals surface area contributed by atoms with Crippen LogP contribution in [0.3, 0.4) is 0 Å². The quantitative estimate of drug-likeness (QED) is 0.670. The van der Waals surface area contributed by atoms with E-state index in [0.29, 0.717) is 5.65 Å². The second kappa shape index (κ2) is 7.33. The summed E-state index contributed by atoms with van der Waals surface area (Å²) in [5, 5.41) is 17.6. The molecule has 0 spiro atoms. The second-order valence-corrected chi connectivity index (χ2v) is 7.15. The Morgan fingerprint density at radius 1 is 1.30 bits per heavy atom. The van der Waals surface area contributed by atoms with Gasteiger partial charge in [-0.1, -0.05) is 6.07 Å². The number of carbonyl (C=O) groups is 1. The maximum absolute atomic E-state index is 13.1. The van der Waals surface area contributed by atoms with Gasteiger partial charge < -0.3 is 15.2 Å². The van der Waals surface area contributed by atoms with Gasteiger partial charge in [-0.15, -0.1) is 0 Å². The molecule has 0 bridgehead atoms. The lowest BCUT2D eigenvalue weighted by atomic mass is 9.81. The Morgan fingerprint density at radius 2 is 2.10 bits per heavy atom. The van der Waals surface area contributed by atoms with Crippen molar-refractivity contribution in [2.24, 2.45) is 0 Å². The number of rotatable bonds is 3. The molecule has 8 nitrogen and oxygen atoms in total. The maximum Gasteiger partial charge on any atom is 0.433 e. The summed E-state index contributed by atoms with van der Waals surface area (Å²) in [6.45, 7) is 1.94. The molecular formula is C19H18F3N5O3. The minimum Gasteiger partial charge on any atom is -0.388 e. The summed E-state index contributed by atoms with van der Waals surface area (Å²) in [7, 11) is 0. The number of aromatic nitrogens is 4. The number of aliphatic hydroxyl groups excluding tert-OH is 1. The van der Waals surface area contributed by atoms with E-state index in [1.54, 1.807) is 12.4 Å². The first kappa shape index (κ1) is 20.2. The van der Waals surface area contributed by atoms with E-state index in [-0.39, 0.29) is 30.8 Å². The molecule has 0 radical (unpaired) electrons. The van der Waals surface area contributed by atoms with Crippen LogP contribution >= 0.6 is 0 Å². The number of ether oxygens (including phenoxy) is 1. The van der Waals surface area contributed by atoms with Crippen molar-refractivity contribution in [3.63, 3.8) is 0 Å². The summed E-state index contributed by atoms with van der Waals surface area (Å²) in [4.78, 5) is 20.8. The van der Waals surface area contributed by atoms with Crippen molar-refractivity contribution in [2.45, 2.75) is 31.2 Å². The molecule has 11 heteroatoms. The maximum atomic E-state index is 13.1. The molecule has 2 atom stereocenters. The highest BCUT2D eigenvalue weighted by Gasteiger charge is 2.45. The van der Waals surface area contributed by atoms with Gasteiger partial charge in [-0.05, 0) is 24.1 Å². The van der Waals surface area contributed by atoms with Crippen LogP contribution in [0.25, 0.3) is 5.65 Å². The molecule has 1 aliphatic heterocycles. The molecule has 4 rings (SSSR count). The number of hydrogen-bond acceptors (Lipinski definition) is 6. The van der Waals surface area contributed by atoms with Gasteiger partial charge in [-0.2, -0.15) is 18.3 Å². The first-order valence-electron chi connectivity index (χ1n) is 9.13. The number of alkyl halides is 3. The van der Waals surface area contributed by atoms with Crippen LogP contribution in [0.5, 0.6) is 0 Å². The number of fused-ring (bicyclic) bond motifs is 1. The van der Waals surface area contributed by atoms with Crippen molar-refractivity contribution in [3.05, 3.63) is 59.3 Å². The minimum absolute atomic E-state index is 0.0898. The van der Waals surface area contributed by atoms with Gasteiger partial charge in [0.05, 0.1) is 18.3 Å². The highest BCUT2D eigenvalue weighted by atomic mass is 19.4. The topological polar surface area (TPSA) is 102 Å². The molecule has 1 unspecified atom stereocenters. The molecule has 0 aromatic carbocycles. The fourth-order valence-electron chi connectivity index (χ4n) is 3.52. The van der Waals surface area contributed by atoms with Crippen molar-refractivity contribution in [1.82, 2.24) is 24.9 Å². The van der Waals surface area contributed by atoms with E-state index in [1.807, 2.05) is 6.92 Å². The number of aliphatic hydroxyl groups is 1. The van der Waals surface area contributed by atoms with Crippen LogP contribution in [0.1, 0.15) is 33.6 Å². The minimum atomic E-state index is -4.59. The first-order valence-corrected chi connectivity index (χ1v) is 9.13. The highest BCUT2D eigenvalue weighted by molar-refractivity contribution is 6.00. The number of aryl methyl sites for hydroxylation is 1. The predicted molar refractivity (Wildman–Crippen MR) is 97.6 cm³/mol. The van der Waals surface area contributed by atoms with Gasteiger partial charge >= 0.3 is 6.18 Å². The van der Waals surface area contributed by atoms with Crippen LogP contribution in [0.4, 0.5) is 13.2 Å². The third-order valence-electron chi connectivity index (χ3n) is 5.12. The lowest BCUT2D eigenvalue weighted by molar-refractivity contribution is -0.141. The van der Waals surface area contributed by atoms with Crippen LogP contribution in [0.15, 0.2) is 36.9 Å². The highest BCUT2D eigenvalue weighted by Crippen LogP contribution is 2.35. The lowest BCUT2D eigenvalue weighted by Gasteiger charge is -2.42. The second-order valence-electron chi connectivity index (χ2n) is 7.15. The molecule has 1 aliphatic rings. The standard InChI is InChI=1S/C19H18F3N5O3/c1-11-6-24-16-13(8-25-27(16)9-11)17(29)26-18(4-5-30-10-15(18)28)12-2-3-14(23-7-12)19(20,21)22/h2-3,6-9,15,28H,4-5,10H2,1H3,(H,26,29)/t15?,18-/m0/s1. The Bertz CT molecular complexity index is 1080. The zero-order valence-corrected chi connectivity index (χ0v) is 15.8. The molecule has 1 saturated heterocycles. The van der Waals surface area contributed by atoms with Crippen molar-refractivity contribution in [1.29, 1.82) is 0 Å². The van der Waals surface area contributed by atoms with Gasteiger partial charge in [0.1, 0.15) is 17.4 Å². The average Bonchev–Trinajstić information content (AvgIpc) is 3.12. The predicted octanol–water partition coefficient (Wildman–Crippen LogP) is 1.86. The van der Waals surface area contributed by atoms with Gasteiger partial charge in [0.25, 0.3) is 5.91 Å². The van der Waals surface area contributed by atoms with E-state index in [4.69, 9.17) is 4.74 Å². The number of pyridine rings is 1. The normalized spacial score (nSPS) is 22.2. The molecule has 3 aromatic rings. The molecule has 0 aliphatic carbocycles. The number of nitrogens with one attached hydrogen (secondary N) is 1.